The van der Waals surface area contributed by atoms with Crippen molar-refractivity contribution in [3.05, 3.63) is 137 Å². The lowest BCUT2D eigenvalue weighted by molar-refractivity contribution is -0.129. The number of primary amides is 1. The Labute approximate surface area is 404 Å². The summed E-state index contributed by atoms with van der Waals surface area (Å²) in [6, 6.07) is 31.6. The minimum absolute atomic E-state index is 0.116. The largest absolute Gasteiger partial charge is 0.491 e. The van der Waals surface area contributed by atoms with Crippen molar-refractivity contribution in [1.82, 2.24) is 26.6 Å². The molecular weight excluding hydrogens is 889 g/mol. The van der Waals surface area contributed by atoms with Crippen LogP contribution in [0, 0.1) is 0 Å². The van der Waals surface area contributed by atoms with Crippen LogP contribution in [0.3, 0.4) is 0 Å². The number of alkyl carbamates (subject to hydrolysis) is 2. The molecule has 0 saturated carbocycles. The number of nitrogens with two attached hydrogens (primary N) is 1. The summed E-state index contributed by atoms with van der Waals surface area (Å²) in [4.78, 5) is 63.4. The van der Waals surface area contributed by atoms with Crippen LogP contribution < -0.4 is 37.1 Å². The predicted molar refractivity (Wildman–Crippen MR) is 258 cm³/mol. The van der Waals surface area contributed by atoms with Gasteiger partial charge in [-0.25, -0.2) is 14.4 Å². The fraction of sp³-hybridized carbons (Fsp3) is 0.431. The number of ether oxygens (including phenoxy) is 7. The van der Waals surface area contributed by atoms with E-state index in [1.807, 2.05) is 97.1 Å². The lowest BCUT2D eigenvalue weighted by Crippen LogP contribution is -2.48. The van der Waals surface area contributed by atoms with Crippen molar-refractivity contribution in [1.29, 1.82) is 0 Å². The number of nitrogens with one attached hydrogen (secondary N) is 5. The molecule has 69 heavy (non-hydrogen) atoms. The molecule has 0 aromatic heterocycles. The molecule has 0 saturated heterocycles. The van der Waals surface area contributed by atoms with E-state index in [2.05, 4.69) is 26.6 Å². The zero-order valence-electron chi connectivity index (χ0n) is 39.8. The SMILES string of the molecule is CC(C)(C)OC(=O)NCCOCCOCCOCCOCCOc1cccc(C(C(=O)N[C@H](CCCNC(=O)OCc2ccccc2)C(=O)NCc2ccc(CNC(N)=O)cc2)c2ccccc2)c1. The van der Waals surface area contributed by atoms with Crippen LogP contribution in [0.15, 0.2) is 109 Å². The number of hydrogen-bond acceptors (Lipinski definition) is 12. The zero-order chi connectivity index (χ0) is 49.5. The lowest BCUT2D eigenvalue weighted by Gasteiger charge is -2.24. The second-order valence-corrected chi connectivity index (χ2v) is 16.6. The first-order valence-corrected chi connectivity index (χ1v) is 23.1. The van der Waals surface area contributed by atoms with Crippen LogP contribution in [0.1, 0.15) is 67.3 Å². The number of carbonyl (C=O) groups excluding carboxylic acids is 5. The van der Waals surface area contributed by atoms with Gasteiger partial charge in [0.1, 0.15) is 30.6 Å². The molecule has 0 spiro atoms. The van der Waals surface area contributed by atoms with E-state index in [4.69, 9.17) is 38.9 Å². The van der Waals surface area contributed by atoms with E-state index in [1.54, 1.807) is 32.9 Å². The first-order chi connectivity index (χ1) is 33.4. The van der Waals surface area contributed by atoms with Gasteiger partial charge < -0.3 is 65.5 Å². The molecule has 4 aromatic carbocycles. The molecule has 374 valence electrons. The van der Waals surface area contributed by atoms with Crippen LogP contribution in [0.4, 0.5) is 14.4 Å². The summed E-state index contributed by atoms with van der Waals surface area (Å²) in [6.45, 7) is 9.74. The predicted octanol–water partition coefficient (Wildman–Crippen LogP) is 5.46. The molecule has 1 unspecified atom stereocenters. The maximum atomic E-state index is 14.4. The van der Waals surface area contributed by atoms with Crippen molar-refractivity contribution >= 4 is 30.0 Å². The van der Waals surface area contributed by atoms with Gasteiger partial charge in [0.2, 0.25) is 11.8 Å². The molecule has 6 amide bonds. The van der Waals surface area contributed by atoms with Crippen LogP contribution in [-0.2, 0) is 57.7 Å². The van der Waals surface area contributed by atoms with Gasteiger partial charge in [0.15, 0.2) is 0 Å². The van der Waals surface area contributed by atoms with E-state index in [0.29, 0.717) is 82.7 Å². The molecule has 18 heteroatoms. The highest BCUT2D eigenvalue weighted by Crippen LogP contribution is 2.28. The molecule has 0 heterocycles. The third-order valence-corrected chi connectivity index (χ3v) is 9.85. The molecule has 18 nitrogen and oxygen atoms in total. The van der Waals surface area contributed by atoms with Gasteiger partial charge in [-0.3, -0.25) is 9.59 Å². The molecule has 7 N–H and O–H groups in total. The number of hydrogen-bond donors (Lipinski definition) is 6. The summed E-state index contributed by atoms with van der Waals surface area (Å²) in [6.07, 6.45) is -0.499. The molecule has 0 fully saturated rings. The second-order valence-electron chi connectivity index (χ2n) is 16.6. The normalized spacial score (nSPS) is 11.9. The molecule has 0 aliphatic heterocycles. The summed E-state index contributed by atoms with van der Waals surface area (Å²) in [5, 5.41) is 13.8. The second kappa shape index (κ2) is 31.3. The van der Waals surface area contributed by atoms with Crippen molar-refractivity contribution in [2.24, 2.45) is 5.73 Å². The Kier molecular flexibility index (Phi) is 24.9. The van der Waals surface area contributed by atoms with Crippen LogP contribution in [0.25, 0.3) is 0 Å². The van der Waals surface area contributed by atoms with Crippen molar-refractivity contribution in [3.8, 4) is 5.75 Å². The maximum absolute atomic E-state index is 14.4. The highest BCUT2D eigenvalue weighted by Gasteiger charge is 2.28. The minimum Gasteiger partial charge on any atom is -0.491 e. The number of amides is 6. The summed E-state index contributed by atoms with van der Waals surface area (Å²) < 4.78 is 38.7. The maximum Gasteiger partial charge on any atom is 0.407 e. The van der Waals surface area contributed by atoms with E-state index in [9.17, 15) is 24.0 Å². The van der Waals surface area contributed by atoms with Crippen molar-refractivity contribution in [3.63, 3.8) is 0 Å². The monoisotopic (exact) mass is 956 g/mol. The minimum atomic E-state index is -0.954. The van der Waals surface area contributed by atoms with Gasteiger partial charge >= 0.3 is 18.2 Å². The average Bonchev–Trinajstić information content (AvgIpc) is 3.33. The molecule has 0 radical (unpaired) electrons. The molecule has 0 bridgehead atoms. The van der Waals surface area contributed by atoms with Gasteiger partial charge in [-0.1, -0.05) is 97.1 Å². The third kappa shape index (κ3) is 23.7. The van der Waals surface area contributed by atoms with Crippen molar-refractivity contribution in [2.45, 2.75) is 70.9 Å². The van der Waals surface area contributed by atoms with Crippen LogP contribution in [-0.4, -0.2) is 114 Å². The Morgan fingerprint density at radius 2 is 1.10 bits per heavy atom. The number of carbonyl (C=O) groups is 5. The van der Waals surface area contributed by atoms with Gasteiger partial charge in [0, 0.05) is 26.2 Å². The molecule has 0 aliphatic rings. The smallest absolute Gasteiger partial charge is 0.407 e. The van der Waals surface area contributed by atoms with E-state index in [1.165, 1.54) is 0 Å². The first kappa shape index (κ1) is 54.9. The Morgan fingerprint density at radius 1 is 0.551 bits per heavy atom. The number of rotatable bonds is 31. The average molecular weight is 957 g/mol. The topological polar surface area (TPSA) is 236 Å². The van der Waals surface area contributed by atoms with Crippen LogP contribution >= 0.6 is 0 Å². The van der Waals surface area contributed by atoms with E-state index < -0.39 is 47.6 Å². The van der Waals surface area contributed by atoms with E-state index in [-0.39, 0.29) is 39.3 Å². The van der Waals surface area contributed by atoms with Gasteiger partial charge in [-0.05, 0) is 73.6 Å². The zero-order valence-corrected chi connectivity index (χ0v) is 39.8. The summed E-state index contributed by atoms with van der Waals surface area (Å²) in [7, 11) is 0. The fourth-order valence-corrected chi connectivity index (χ4v) is 6.52. The van der Waals surface area contributed by atoms with Gasteiger partial charge in [-0.15, -0.1) is 0 Å². The van der Waals surface area contributed by atoms with Gasteiger partial charge in [0.05, 0.1) is 58.8 Å². The van der Waals surface area contributed by atoms with Crippen LogP contribution in [0.2, 0.25) is 0 Å². The van der Waals surface area contributed by atoms with Gasteiger partial charge in [0.25, 0.3) is 0 Å². The lowest BCUT2D eigenvalue weighted by atomic mass is 9.90. The van der Waals surface area contributed by atoms with Gasteiger partial charge in [-0.2, -0.15) is 0 Å². The molecule has 2 atom stereocenters. The molecule has 0 aliphatic carbocycles. The van der Waals surface area contributed by atoms with E-state index >= 15 is 0 Å². The van der Waals surface area contributed by atoms with Crippen molar-refractivity contribution < 1.29 is 57.1 Å². The highest BCUT2D eigenvalue weighted by molar-refractivity contribution is 5.92. The highest BCUT2D eigenvalue weighted by atomic mass is 16.6. The Bertz CT molecular complexity index is 2120. The summed E-state index contributed by atoms with van der Waals surface area (Å²) >= 11 is 0. The van der Waals surface area contributed by atoms with E-state index in [0.717, 1.165) is 16.7 Å². The Morgan fingerprint density at radius 3 is 1.71 bits per heavy atom. The first-order valence-electron chi connectivity index (χ1n) is 23.1. The summed E-state index contributed by atoms with van der Waals surface area (Å²) in [5.41, 5.74) is 8.50. The number of urea groups is 1. The molecule has 4 aromatic rings. The molecule has 4 rings (SSSR count). The quantitative estimate of drug-likeness (QED) is 0.0345. The Hall–Kier alpha value is -6.73. The van der Waals surface area contributed by atoms with Crippen molar-refractivity contribution in [2.75, 3.05) is 72.6 Å². The standard InChI is InChI=1S/C51H68N6O12/c1-51(2,3)69-50(62)54-24-25-63-26-27-64-28-29-65-30-31-66-32-33-67-43-17-10-16-42(34-43)45(41-14-8-5-9-15-41)47(59)57-44(18-11-23-53-49(61)68-37-40-12-6-4-7-13-40)46(58)55-35-38-19-21-39(22-20-38)36-56-48(52)60/h4-10,12-17,19-22,34,44-45H,11,18,23-33,35-37H2,1-3H3,(H,53,61)(H,54,62)(H,55,58)(H,57,59)(H3,52,56,60)/t44-,45?/m1/s1. The fourth-order valence-electron chi connectivity index (χ4n) is 6.52. The van der Waals surface area contributed by atoms with Crippen LogP contribution in [0.5, 0.6) is 5.75 Å². The third-order valence-electron chi connectivity index (χ3n) is 9.85. The Balaban J connectivity index is 1.24. The molecular formula is C51H68N6O12. The summed E-state index contributed by atoms with van der Waals surface area (Å²) in [5.74, 6) is -1.05. The number of benzene rings is 4.